The topological polar surface area (TPSA) is 62.2 Å². The van der Waals surface area contributed by atoms with Crippen molar-refractivity contribution in [2.24, 2.45) is 0 Å². The van der Waals surface area contributed by atoms with E-state index in [1.54, 1.807) is 19.1 Å². The fourth-order valence-corrected chi connectivity index (χ4v) is 4.19. The highest BCUT2D eigenvalue weighted by atomic mass is 32.1. The third-order valence-electron chi connectivity index (χ3n) is 4.67. The van der Waals surface area contributed by atoms with Crippen molar-refractivity contribution in [2.45, 2.75) is 51.0 Å². The van der Waals surface area contributed by atoms with Crippen LogP contribution in [0.2, 0.25) is 0 Å². The van der Waals surface area contributed by atoms with E-state index in [2.05, 4.69) is 24.1 Å². The first-order valence-electron chi connectivity index (χ1n) is 7.96. The summed E-state index contributed by atoms with van der Waals surface area (Å²) in [4.78, 5) is 18.5. The fraction of sp³-hybridized carbons (Fsp3) is 0.444. The minimum atomic E-state index is -1.53. The smallest absolute Gasteiger partial charge is 0.262 e. The van der Waals surface area contributed by atoms with Gasteiger partial charge in [0, 0.05) is 10.3 Å². The van der Waals surface area contributed by atoms with Crippen LogP contribution in [0.1, 0.15) is 49.7 Å². The molecule has 0 saturated carbocycles. The Hall–Kier alpha value is -1.72. The number of carbonyl (C=O) groups excluding carboxylic acids is 1. The number of amides is 1. The quantitative estimate of drug-likeness (QED) is 0.900. The average Bonchev–Trinajstić information content (AvgIpc) is 3.07. The third-order valence-corrected chi connectivity index (χ3v) is 5.71. The van der Waals surface area contributed by atoms with Crippen molar-refractivity contribution >= 4 is 22.4 Å². The van der Waals surface area contributed by atoms with E-state index in [9.17, 15) is 9.90 Å². The van der Waals surface area contributed by atoms with Crippen molar-refractivity contribution in [3.8, 4) is 0 Å². The van der Waals surface area contributed by atoms with Gasteiger partial charge in [0.15, 0.2) is 10.7 Å². The standard InChI is InChI=1S/C18H22N2O2S/c1-4-18(22,12-8-6-5-7-9-12)15(21)20-16-19-14-13(23-16)10-11-17(14,2)3/h5-9,22H,4,10-11H2,1-3H3,(H,19,20,21). The number of anilines is 1. The molecule has 23 heavy (non-hydrogen) atoms. The lowest BCUT2D eigenvalue weighted by Gasteiger charge is -2.25. The predicted molar refractivity (Wildman–Crippen MR) is 92.7 cm³/mol. The normalized spacial score (nSPS) is 18.3. The highest BCUT2D eigenvalue weighted by molar-refractivity contribution is 7.16. The second kappa shape index (κ2) is 5.73. The second-order valence-corrected chi connectivity index (χ2v) is 7.79. The van der Waals surface area contributed by atoms with Gasteiger partial charge in [-0.15, -0.1) is 11.3 Å². The van der Waals surface area contributed by atoms with E-state index in [0.717, 1.165) is 18.5 Å². The van der Waals surface area contributed by atoms with Gasteiger partial charge in [-0.25, -0.2) is 4.98 Å². The molecule has 3 rings (SSSR count). The Balaban J connectivity index is 1.84. The summed E-state index contributed by atoms with van der Waals surface area (Å²) in [6.07, 6.45) is 2.41. The van der Waals surface area contributed by atoms with Gasteiger partial charge in [0.2, 0.25) is 0 Å². The molecule has 122 valence electrons. The zero-order valence-corrected chi connectivity index (χ0v) is 14.5. The molecule has 5 heteroatoms. The van der Waals surface area contributed by atoms with Crippen molar-refractivity contribution in [3.05, 3.63) is 46.5 Å². The molecule has 0 spiro atoms. The number of aromatic nitrogens is 1. The molecular weight excluding hydrogens is 308 g/mol. The molecule has 1 aromatic carbocycles. The molecule has 1 amide bonds. The molecule has 2 N–H and O–H groups in total. The van der Waals surface area contributed by atoms with Crippen LogP contribution in [0.3, 0.4) is 0 Å². The maximum Gasteiger partial charge on any atom is 0.262 e. The molecule has 1 aromatic heterocycles. The maximum absolute atomic E-state index is 12.7. The Kier molecular flexibility index (Phi) is 4.02. The number of nitrogens with zero attached hydrogens (tertiary/aromatic N) is 1. The van der Waals surface area contributed by atoms with Crippen LogP contribution < -0.4 is 5.32 Å². The number of hydrogen-bond acceptors (Lipinski definition) is 4. The molecule has 0 radical (unpaired) electrons. The van der Waals surface area contributed by atoms with Crippen LogP contribution in [0.5, 0.6) is 0 Å². The van der Waals surface area contributed by atoms with E-state index < -0.39 is 11.5 Å². The van der Waals surface area contributed by atoms with Crippen LogP contribution in [-0.4, -0.2) is 16.0 Å². The lowest BCUT2D eigenvalue weighted by atomic mass is 9.90. The van der Waals surface area contributed by atoms with Crippen LogP contribution in [0.15, 0.2) is 30.3 Å². The van der Waals surface area contributed by atoms with Gasteiger partial charge in [-0.3, -0.25) is 10.1 Å². The van der Waals surface area contributed by atoms with Crippen molar-refractivity contribution in [1.82, 2.24) is 4.98 Å². The van der Waals surface area contributed by atoms with Gasteiger partial charge in [-0.1, -0.05) is 51.1 Å². The molecule has 1 atom stereocenters. The summed E-state index contributed by atoms with van der Waals surface area (Å²) in [5.74, 6) is -0.420. The summed E-state index contributed by atoms with van der Waals surface area (Å²) >= 11 is 1.52. The van der Waals surface area contributed by atoms with Crippen molar-refractivity contribution in [1.29, 1.82) is 0 Å². The highest BCUT2D eigenvalue weighted by Crippen LogP contribution is 2.42. The van der Waals surface area contributed by atoms with Crippen molar-refractivity contribution in [2.75, 3.05) is 5.32 Å². The molecule has 4 nitrogen and oxygen atoms in total. The summed E-state index contributed by atoms with van der Waals surface area (Å²) in [7, 11) is 0. The molecule has 0 fully saturated rings. The van der Waals surface area contributed by atoms with Gasteiger partial charge in [0.05, 0.1) is 5.69 Å². The largest absolute Gasteiger partial charge is 0.375 e. The molecular formula is C18H22N2O2S. The number of carbonyl (C=O) groups is 1. The summed E-state index contributed by atoms with van der Waals surface area (Å²) < 4.78 is 0. The molecule has 1 heterocycles. The van der Waals surface area contributed by atoms with Crippen LogP contribution >= 0.6 is 11.3 Å². The van der Waals surface area contributed by atoms with E-state index in [1.807, 2.05) is 18.2 Å². The SMILES string of the molecule is CCC(O)(C(=O)Nc1nc2c(s1)CCC2(C)C)c1ccccc1. The number of thiazole rings is 1. The number of aryl methyl sites for hydroxylation is 1. The first-order chi connectivity index (χ1) is 10.9. The van der Waals surface area contributed by atoms with Gasteiger partial charge in [0.25, 0.3) is 5.91 Å². The first-order valence-corrected chi connectivity index (χ1v) is 8.78. The van der Waals surface area contributed by atoms with E-state index >= 15 is 0 Å². The lowest BCUT2D eigenvalue weighted by Crippen LogP contribution is -2.39. The number of benzene rings is 1. The van der Waals surface area contributed by atoms with E-state index in [-0.39, 0.29) is 5.41 Å². The zero-order chi connectivity index (χ0) is 16.7. The van der Waals surface area contributed by atoms with Crippen LogP contribution in [-0.2, 0) is 22.2 Å². The van der Waals surface area contributed by atoms with E-state index in [1.165, 1.54) is 16.2 Å². The van der Waals surface area contributed by atoms with Crippen LogP contribution in [0, 0.1) is 0 Å². The Labute approximate surface area is 140 Å². The van der Waals surface area contributed by atoms with E-state index in [0.29, 0.717) is 17.1 Å². The van der Waals surface area contributed by atoms with E-state index in [4.69, 9.17) is 0 Å². The minimum absolute atomic E-state index is 0.0648. The summed E-state index contributed by atoms with van der Waals surface area (Å²) in [6.45, 7) is 6.16. The maximum atomic E-state index is 12.7. The van der Waals surface area contributed by atoms with Gasteiger partial charge in [0.1, 0.15) is 0 Å². The number of aliphatic hydroxyl groups is 1. The Morgan fingerprint density at radius 3 is 2.70 bits per heavy atom. The third kappa shape index (κ3) is 2.79. The minimum Gasteiger partial charge on any atom is -0.375 e. The van der Waals surface area contributed by atoms with Crippen molar-refractivity contribution < 1.29 is 9.90 Å². The van der Waals surface area contributed by atoms with Gasteiger partial charge in [-0.2, -0.15) is 0 Å². The number of hydrogen-bond donors (Lipinski definition) is 2. The van der Waals surface area contributed by atoms with Crippen molar-refractivity contribution in [3.63, 3.8) is 0 Å². The monoisotopic (exact) mass is 330 g/mol. The summed E-state index contributed by atoms with van der Waals surface area (Å²) in [5.41, 5.74) is 0.212. The molecule has 0 aliphatic heterocycles. The fourth-order valence-electron chi connectivity index (χ4n) is 3.06. The lowest BCUT2D eigenvalue weighted by molar-refractivity contribution is -0.135. The molecule has 0 saturated heterocycles. The number of fused-ring (bicyclic) bond motifs is 1. The highest BCUT2D eigenvalue weighted by Gasteiger charge is 2.38. The first kappa shape index (κ1) is 16.1. The number of rotatable bonds is 4. The Morgan fingerprint density at radius 1 is 1.39 bits per heavy atom. The molecule has 1 aliphatic rings. The summed E-state index contributed by atoms with van der Waals surface area (Å²) in [5, 5.41) is 14.2. The predicted octanol–water partition coefficient (Wildman–Crippen LogP) is 3.60. The Bertz CT molecular complexity index is 724. The summed E-state index contributed by atoms with van der Waals surface area (Å²) in [6, 6.07) is 9.06. The van der Waals surface area contributed by atoms with Crippen LogP contribution in [0.4, 0.5) is 5.13 Å². The molecule has 2 aromatic rings. The van der Waals surface area contributed by atoms with Gasteiger partial charge in [-0.05, 0) is 24.8 Å². The molecule has 0 bridgehead atoms. The number of nitrogens with one attached hydrogen (secondary N) is 1. The van der Waals surface area contributed by atoms with Crippen LogP contribution in [0.25, 0.3) is 0 Å². The second-order valence-electron chi connectivity index (χ2n) is 6.71. The van der Waals surface area contributed by atoms with Gasteiger partial charge < -0.3 is 5.11 Å². The molecule has 1 aliphatic carbocycles. The Morgan fingerprint density at radius 2 is 2.09 bits per heavy atom. The molecule has 1 unspecified atom stereocenters. The average molecular weight is 330 g/mol. The zero-order valence-electron chi connectivity index (χ0n) is 13.7. The van der Waals surface area contributed by atoms with Gasteiger partial charge >= 0.3 is 0 Å².